The Bertz CT molecular complexity index is 844. The molecular formula is C20H17Cl2NO3. The molecular weight excluding hydrogens is 373 g/mol. The predicted molar refractivity (Wildman–Crippen MR) is 102 cm³/mol. The average Bonchev–Trinajstić information content (AvgIpc) is 2.96. The van der Waals surface area contributed by atoms with E-state index in [1.165, 1.54) is 0 Å². The highest BCUT2D eigenvalue weighted by atomic mass is 35.5. The number of amides is 1. The summed E-state index contributed by atoms with van der Waals surface area (Å²) < 4.78 is 0. The number of hydrogen-bond acceptors (Lipinski definition) is 2. The standard InChI is InChI=1S/C20H17Cl2NO3/c21-17-5-1-13(2-6-17)15-9-19(24)23(11-15)12-16(10-20(25)26)14-3-7-18(22)8-4-14/h1-8,11,16H,9-10,12H2,(H,25,26). The zero-order valence-electron chi connectivity index (χ0n) is 13.9. The number of carboxylic acids is 1. The first-order valence-corrected chi connectivity index (χ1v) is 8.91. The fourth-order valence-corrected chi connectivity index (χ4v) is 3.29. The Morgan fingerprint density at radius 1 is 1.04 bits per heavy atom. The van der Waals surface area contributed by atoms with Gasteiger partial charge in [-0.2, -0.15) is 0 Å². The third-order valence-electron chi connectivity index (χ3n) is 4.37. The van der Waals surface area contributed by atoms with Crippen molar-refractivity contribution in [1.82, 2.24) is 4.90 Å². The summed E-state index contributed by atoms with van der Waals surface area (Å²) >= 11 is 11.8. The molecule has 0 aliphatic carbocycles. The van der Waals surface area contributed by atoms with Gasteiger partial charge in [-0.1, -0.05) is 47.5 Å². The molecule has 0 aromatic heterocycles. The van der Waals surface area contributed by atoms with Crippen LogP contribution in [0.1, 0.15) is 29.9 Å². The molecule has 0 fully saturated rings. The van der Waals surface area contributed by atoms with Gasteiger partial charge in [0.25, 0.3) is 0 Å². The molecule has 4 nitrogen and oxygen atoms in total. The second-order valence-electron chi connectivity index (χ2n) is 6.23. The van der Waals surface area contributed by atoms with Crippen LogP contribution >= 0.6 is 23.2 Å². The van der Waals surface area contributed by atoms with Gasteiger partial charge < -0.3 is 10.0 Å². The van der Waals surface area contributed by atoms with E-state index < -0.39 is 5.97 Å². The van der Waals surface area contributed by atoms with E-state index in [0.29, 0.717) is 23.0 Å². The largest absolute Gasteiger partial charge is 0.481 e. The van der Waals surface area contributed by atoms with Crippen LogP contribution in [-0.2, 0) is 9.59 Å². The predicted octanol–water partition coefficient (Wildman–Crippen LogP) is 4.83. The number of nitrogens with zero attached hydrogens (tertiary/aromatic N) is 1. The van der Waals surface area contributed by atoms with Crippen molar-refractivity contribution in [3.8, 4) is 0 Å². The zero-order chi connectivity index (χ0) is 18.7. The molecule has 0 saturated heterocycles. The van der Waals surface area contributed by atoms with E-state index in [1.807, 2.05) is 12.1 Å². The van der Waals surface area contributed by atoms with Gasteiger partial charge in [0.2, 0.25) is 5.91 Å². The minimum absolute atomic E-state index is 0.0423. The quantitative estimate of drug-likeness (QED) is 0.769. The van der Waals surface area contributed by atoms with Gasteiger partial charge in [0.1, 0.15) is 0 Å². The molecule has 0 radical (unpaired) electrons. The number of carboxylic acid groups (broad SMARTS) is 1. The molecule has 1 unspecified atom stereocenters. The monoisotopic (exact) mass is 389 g/mol. The van der Waals surface area contributed by atoms with E-state index in [9.17, 15) is 14.7 Å². The van der Waals surface area contributed by atoms with Gasteiger partial charge in [-0.15, -0.1) is 0 Å². The number of halogens is 2. The Labute approximate surface area is 161 Å². The van der Waals surface area contributed by atoms with Gasteiger partial charge in [-0.05, 0) is 41.0 Å². The molecule has 0 saturated carbocycles. The topological polar surface area (TPSA) is 57.6 Å². The normalized spacial score (nSPS) is 15.1. The molecule has 2 aromatic rings. The van der Waals surface area contributed by atoms with E-state index >= 15 is 0 Å². The average molecular weight is 390 g/mol. The highest BCUT2D eigenvalue weighted by Gasteiger charge is 2.27. The molecule has 2 aromatic carbocycles. The highest BCUT2D eigenvalue weighted by Crippen LogP contribution is 2.30. The van der Waals surface area contributed by atoms with Crippen molar-refractivity contribution >= 4 is 40.7 Å². The van der Waals surface area contributed by atoms with Crippen molar-refractivity contribution in [3.63, 3.8) is 0 Å². The minimum Gasteiger partial charge on any atom is -0.481 e. The summed E-state index contributed by atoms with van der Waals surface area (Å²) in [6, 6.07) is 14.4. The number of aliphatic carboxylic acids is 1. The third kappa shape index (κ3) is 4.45. The second-order valence-corrected chi connectivity index (χ2v) is 7.10. The number of hydrogen-bond donors (Lipinski definition) is 1. The van der Waals surface area contributed by atoms with Crippen molar-refractivity contribution < 1.29 is 14.7 Å². The van der Waals surface area contributed by atoms with Gasteiger partial charge in [-0.3, -0.25) is 9.59 Å². The fourth-order valence-electron chi connectivity index (χ4n) is 3.04. The molecule has 0 spiro atoms. The van der Waals surface area contributed by atoms with Crippen LogP contribution in [0.25, 0.3) is 5.57 Å². The van der Waals surface area contributed by atoms with E-state index in [-0.39, 0.29) is 18.2 Å². The Balaban J connectivity index is 1.81. The van der Waals surface area contributed by atoms with Crippen molar-refractivity contribution in [2.45, 2.75) is 18.8 Å². The van der Waals surface area contributed by atoms with Crippen LogP contribution in [0.2, 0.25) is 10.0 Å². The fraction of sp³-hybridized carbons (Fsp3) is 0.200. The van der Waals surface area contributed by atoms with Gasteiger partial charge in [0.15, 0.2) is 0 Å². The first kappa shape index (κ1) is 18.5. The van der Waals surface area contributed by atoms with E-state index in [2.05, 4.69) is 0 Å². The minimum atomic E-state index is -0.904. The number of rotatable bonds is 6. The lowest BCUT2D eigenvalue weighted by atomic mass is 9.95. The van der Waals surface area contributed by atoms with Gasteiger partial charge >= 0.3 is 5.97 Å². The lowest BCUT2D eigenvalue weighted by molar-refractivity contribution is -0.138. The Kier molecular flexibility index (Phi) is 5.64. The van der Waals surface area contributed by atoms with Crippen LogP contribution in [0.15, 0.2) is 54.7 Å². The number of benzene rings is 2. The molecule has 1 atom stereocenters. The maximum absolute atomic E-state index is 12.4. The summed E-state index contributed by atoms with van der Waals surface area (Å²) in [5.41, 5.74) is 2.68. The summed E-state index contributed by atoms with van der Waals surface area (Å²) in [6.07, 6.45) is 2.04. The van der Waals surface area contributed by atoms with Crippen LogP contribution in [0, 0.1) is 0 Å². The van der Waals surface area contributed by atoms with Crippen LogP contribution < -0.4 is 0 Å². The van der Waals surface area contributed by atoms with Crippen LogP contribution in [0.3, 0.4) is 0 Å². The third-order valence-corrected chi connectivity index (χ3v) is 4.87. The number of carbonyl (C=O) groups excluding carboxylic acids is 1. The summed E-state index contributed by atoms with van der Waals surface area (Å²) in [7, 11) is 0. The van der Waals surface area contributed by atoms with Crippen LogP contribution in [0.4, 0.5) is 0 Å². The molecule has 26 heavy (non-hydrogen) atoms. The van der Waals surface area contributed by atoms with E-state index in [1.54, 1.807) is 47.5 Å². The van der Waals surface area contributed by atoms with Gasteiger partial charge in [0.05, 0.1) is 12.8 Å². The summed E-state index contributed by atoms with van der Waals surface area (Å²) in [6.45, 7) is 0.309. The van der Waals surface area contributed by atoms with E-state index in [0.717, 1.165) is 16.7 Å². The molecule has 134 valence electrons. The molecule has 6 heteroatoms. The maximum atomic E-state index is 12.4. The zero-order valence-corrected chi connectivity index (χ0v) is 15.4. The smallest absolute Gasteiger partial charge is 0.304 e. The first-order chi connectivity index (χ1) is 12.4. The summed E-state index contributed by atoms with van der Waals surface area (Å²) in [5.74, 6) is -1.26. The van der Waals surface area contributed by atoms with Crippen molar-refractivity contribution in [2.75, 3.05) is 6.54 Å². The van der Waals surface area contributed by atoms with Crippen molar-refractivity contribution in [1.29, 1.82) is 0 Å². The molecule has 0 bridgehead atoms. The number of carbonyl (C=O) groups is 2. The lowest BCUT2D eigenvalue weighted by Crippen LogP contribution is -2.27. The second kappa shape index (κ2) is 7.94. The Hall–Kier alpha value is -2.30. The summed E-state index contributed by atoms with van der Waals surface area (Å²) in [4.78, 5) is 25.3. The Morgan fingerprint density at radius 2 is 1.62 bits per heavy atom. The summed E-state index contributed by atoms with van der Waals surface area (Å²) in [5, 5.41) is 10.5. The van der Waals surface area contributed by atoms with E-state index in [4.69, 9.17) is 23.2 Å². The molecule has 1 amide bonds. The SMILES string of the molecule is O=C(O)CC(CN1C=C(c2ccc(Cl)cc2)CC1=O)c1ccc(Cl)cc1. The van der Waals surface area contributed by atoms with Crippen molar-refractivity contribution in [3.05, 3.63) is 75.9 Å². The van der Waals surface area contributed by atoms with Gasteiger partial charge in [-0.25, -0.2) is 0 Å². The molecule has 3 rings (SSSR count). The maximum Gasteiger partial charge on any atom is 0.304 e. The molecule has 1 N–H and O–H groups in total. The lowest BCUT2D eigenvalue weighted by Gasteiger charge is -2.21. The van der Waals surface area contributed by atoms with Gasteiger partial charge in [0, 0.05) is 28.7 Å². The van der Waals surface area contributed by atoms with Crippen LogP contribution in [0.5, 0.6) is 0 Å². The van der Waals surface area contributed by atoms with Crippen molar-refractivity contribution in [2.24, 2.45) is 0 Å². The highest BCUT2D eigenvalue weighted by molar-refractivity contribution is 6.30. The van der Waals surface area contributed by atoms with Crippen LogP contribution in [-0.4, -0.2) is 28.4 Å². The molecule has 1 aliphatic rings. The molecule has 1 heterocycles. The Morgan fingerprint density at radius 3 is 2.19 bits per heavy atom. The molecule has 1 aliphatic heterocycles. The first-order valence-electron chi connectivity index (χ1n) is 8.16.